The highest BCUT2D eigenvalue weighted by molar-refractivity contribution is 7.99. The Morgan fingerprint density at radius 3 is 2.94 bits per heavy atom. The van der Waals surface area contributed by atoms with Crippen LogP contribution >= 0.6 is 11.8 Å². The molecule has 0 fully saturated rings. The second-order valence-corrected chi connectivity index (χ2v) is 5.24. The summed E-state index contributed by atoms with van der Waals surface area (Å²) in [7, 11) is 1.91. The van der Waals surface area contributed by atoms with Crippen molar-refractivity contribution < 1.29 is 9.13 Å². The van der Waals surface area contributed by atoms with Crippen LogP contribution in [0.5, 0.6) is 0 Å². The topological polar surface area (TPSA) is 21.3 Å². The molecule has 1 N–H and O–H groups in total. The smallest absolute Gasteiger partial charge is 0.136 e. The molecule has 4 heteroatoms. The third-order valence-corrected chi connectivity index (χ3v) is 4.04. The first-order valence-corrected chi connectivity index (χ1v) is 7.17. The van der Waals surface area contributed by atoms with Crippen molar-refractivity contribution in [1.82, 2.24) is 5.32 Å². The molecule has 0 aliphatic carbocycles. The van der Waals surface area contributed by atoms with Gasteiger partial charge in [-0.3, -0.25) is 0 Å². The molecule has 18 heavy (non-hydrogen) atoms. The SMILES string of the molecule is CNC(CSc1ccccc1F)C1=CCCCO1. The van der Waals surface area contributed by atoms with Gasteiger partial charge in [-0.05, 0) is 38.1 Å². The molecule has 1 atom stereocenters. The first-order valence-electron chi connectivity index (χ1n) is 6.18. The maximum Gasteiger partial charge on any atom is 0.136 e. The average Bonchev–Trinajstić information content (AvgIpc) is 2.42. The van der Waals surface area contributed by atoms with Crippen LogP contribution in [-0.4, -0.2) is 25.4 Å². The van der Waals surface area contributed by atoms with E-state index in [0.717, 1.165) is 31.0 Å². The number of ether oxygens (including phenoxy) is 1. The number of halogens is 1. The van der Waals surface area contributed by atoms with Crippen LogP contribution in [-0.2, 0) is 4.74 Å². The Morgan fingerprint density at radius 2 is 2.28 bits per heavy atom. The number of hydrogen-bond donors (Lipinski definition) is 1. The van der Waals surface area contributed by atoms with Gasteiger partial charge in [0, 0.05) is 10.6 Å². The highest BCUT2D eigenvalue weighted by Gasteiger charge is 2.17. The Morgan fingerprint density at radius 1 is 1.44 bits per heavy atom. The summed E-state index contributed by atoms with van der Waals surface area (Å²) in [5, 5.41) is 3.22. The molecule has 1 aromatic rings. The zero-order valence-corrected chi connectivity index (χ0v) is 11.3. The summed E-state index contributed by atoms with van der Waals surface area (Å²) < 4.78 is 19.1. The zero-order chi connectivity index (χ0) is 12.8. The lowest BCUT2D eigenvalue weighted by Gasteiger charge is -2.23. The van der Waals surface area contributed by atoms with Crippen LogP contribution in [0.1, 0.15) is 12.8 Å². The molecule has 2 nitrogen and oxygen atoms in total. The van der Waals surface area contributed by atoms with Crippen molar-refractivity contribution in [3.63, 3.8) is 0 Å². The molecular formula is C14H18FNOS. The Balaban J connectivity index is 1.95. The molecule has 0 amide bonds. The quantitative estimate of drug-likeness (QED) is 0.828. The Hall–Kier alpha value is -1.00. The van der Waals surface area contributed by atoms with Crippen molar-refractivity contribution in [2.45, 2.75) is 23.8 Å². The van der Waals surface area contributed by atoms with E-state index in [-0.39, 0.29) is 11.9 Å². The van der Waals surface area contributed by atoms with Gasteiger partial charge in [0.2, 0.25) is 0 Å². The highest BCUT2D eigenvalue weighted by atomic mass is 32.2. The Labute approximate surface area is 112 Å². The number of thioether (sulfide) groups is 1. The number of hydrogen-bond acceptors (Lipinski definition) is 3. The average molecular weight is 267 g/mol. The lowest BCUT2D eigenvalue weighted by molar-refractivity contribution is 0.173. The number of benzene rings is 1. The molecule has 2 rings (SSSR count). The number of nitrogens with one attached hydrogen (secondary N) is 1. The van der Waals surface area contributed by atoms with Crippen molar-refractivity contribution in [3.05, 3.63) is 41.9 Å². The maximum absolute atomic E-state index is 13.5. The predicted molar refractivity (Wildman–Crippen MR) is 73.2 cm³/mol. The third kappa shape index (κ3) is 3.50. The van der Waals surface area contributed by atoms with Gasteiger partial charge in [0.25, 0.3) is 0 Å². The van der Waals surface area contributed by atoms with Gasteiger partial charge >= 0.3 is 0 Å². The van der Waals surface area contributed by atoms with E-state index in [0.29, 0.717) is 4.90 Å². The molecule has 1 heterocycles. The molecule has 1 aromatic carbocycles. The lowest BCUT2D eigenvalue weighted by atomic mass is 10.2. The van der Waals surface area contributed by atoms with Crippen molar-refractivity contribution in [2.75, 3.05) is 19.4 Å². The first-order chi connectivity index (χ1) is 8.81. The van der Waals surface area contributed by atoms with Crippen LogP contribution in [0.25, 0.3) is 0 Å². The van der Waals surface area contributed by atoms with E-state index < -0.39 is 0 Å². The minimum atomic E-state index is -0.157. The monoisotopic (exact) mass is 267 g/mol. The van der Waals surface area contributed by atoms with Gasteiger partial charge in [-0.15, -0.1) is 11.8 Å². The van der Waals surface area contributed by atoms with Crippen LogP contribution < -0.4 is 5.32 Å². The summed E-state index contributed by atoms with van der Waals surface area (Å²) >= 11 is 1.52. The van der Waals surface area contributed by atoms with Crippen molar-refractivity contribution in [1.29, 1.82) is 0 Å². The summed E-state index contributed by atoms with van der Waals surface area (Å²) in [4.78, 5) is 0.689. The van der Waals surface area contributed by atoms with Gasteiger partial charge in [-0.2, -0.15) is 0 Å². The van der Waals surface area contributed by atoms with E-state index in [1.165, 1.54) is 17.8 Å². The maximum atomic E-state index is 13.5. The molecule has 1 aliphatic rings. The summed E-state index contributed by atoms with van der Waals surface area (Å²) in [5.41, 5.74) is 0. The van der Waals surface area contributed by atoms with Crippen LogP contribution in [0.4, 0.5) is 4.39 Å². The molecule has 0 saturated heterocycles. The van der Waals surface area contributed by atoms with Gasteiger partial charge in [-0.25, -0.2) is 4.39 Å². The third-order valence-electron chi connectivity index (χ3n) is 2.90. The molecule has 98 valence electrons. The summed E-state index contributed by atoms with van der Waals surface area (Å²) in [5.74, 6) is 1.60. The number of allylic oxidation sites excluding steroid dienone is 1. The summed E-state index contributed by atoms with van der Waals surface area (Å²) in [6.45, 7) is 0.786. The van der Waals surface area contributed by atoms with Crippen LogP contribution in [0.3, 0.4) is 0 Å². The summed E-state index contributed by atoms with van der Waals surface area (Å²) in [6, 6.07) is 7.02. The number of likely N-dealkylation sites (N-methyl/N-ethyl adjacent to an activating group) is 1. The lowest BCUT2D eigenvalue weighted by Crippen LogP contribution is -2.32. The molecule has 0 aromatic heterocycles. The Bertz CT molecular complexity index is 422. The highest BCUT2D eigenvalue weighted by Crippen LogP contribution is 2.24. The van der Waals surface area contributed by atoms with Gasteiger partial charge in [0.1, 0.15) is 11.6 Å². The second kappa shape index (κ2) is 6.81. The van der Waals surface area contributed by atoms with Crippen LogP contribution in [0.15, 0.2) is 41.0 Å². The number of rotatable bonds is 5. The second-order valence-electron chi connectivity index (χ2n) is 4.18. The van der Waals surface area contributed by atoms with E-state index in [9.17, 15) is 4.39 Å². The van der Waals surface area contributed by atoms with E-state index in [4.69, 9.17) is 4.74 Å². The van der Waals surface area contributed by atoms with Gasteiger partial charge < -0.3 is 10.1 Å². The molecule has 1 aliphatic heterocycles. The molecule has 0 bridgehead atoms. The van der Waals surface area contributed by atoms with Crippen molar-refractivity contribution >= 4 is 11.8 Å². The normalized spacial score (nSPS) is 16.9. The zero-order valence-electron chi connectivity index (χ0n) is 10.5. The first kappa shape index (κ1) is 13.4. The van der Waals surface area contributed by atoms with Crippen LogP contribution in [0.2, 0.25) is 0 Å². The standard InChI is InChI=1S/C14H18FNOS/c1-16-12(13-7-4-5-9-17-13)10-18-14-8-3-2-6-11(14)15/h2-3,6-8,12,16H,4-5,9-10H2,1H3. The van der Waals surface area contributed by atoms with Crippen LogP contribution in [0, 0.1) is 5.82 Å². The molecule has 1 unspecified atom stereocenters. The van der Waals surface area contributed by atoms with Gasteiger partial charge in [-0.1, -0.05) is 12.1 Å². The molecule has 0 spiro atoms. The van der Waals surface area contributed by atoms with Gasteiger partial charge in [0.15, 0.2) is 0 Å². The minimum absolute atomic E-state index is 0.148. The fourth-order valence-corrected chi connectivity index (χ4v) is 2.92. The van der Waals surface area contributed by atoms with Crippen molar-refractivity contribution in [2.24, 2.45) is 0 Å². The Kier molecular flexibility index (Phi) is 5.08. The minimum Gasteiger partial charge on any atom is -0.497 e. The van der Waals surface area contributed by atoms with E-state index in [1.807, 2.05) is 19.2 Å². The van der Waals surface area contributed by atoms with Gasteiger partial charge in [0.05, 0.1) is 12.6 Å². The molecular weight excluding hydrogens is 249 g/mol. The molecule has 0 saturated carbocycles. The predicted octanol–water partition coefficient (Wildman–Crippen LogP) is 3.20. The fraction of sp³-hybridized carbons (Fsp3) is 0.429. The summed E-state index contributed by atoms with van der Waals surface area (Å²) in [6.07, 6.45) is 4.28. The van der Waals surface area contributed by atoms with E-state index in [1.54, 1.807) is 6.07 Å². The van der Waals surface area contributed by atoms with Crippen molar-refractivity contribution in [3.8, 4) is 0 Å². The van der Waals surface area contributed by atoms with E-state index in [2.05, 4.69) is 11.4 Å². The molecule has 0 radical (unpaired) electrons. The van der Waals surface area contributed by atoms with E-state index >= 15 is 0 Å². The fourth-order valence-electron chi connectivity index (χ4n) is 1.86. The largest absolute Gasteiger partial charge is 0.497 e.